The summed E-state index contributed by atoms with van der Waals surface area (Å²) in [5.74, 6) is -1.42. The van der Waals surface area contributed by atoms with E-state index in [9.17, 15) is 19.1 Å². The van der Waals surface area contributed by atoms with E-state index < -0.39 is 11.6 Å². The van der Waals surface area contributed by atoms with Gasteiger partial charge < -0.3 is 15.7 Å². The lowest BCUT2D eigenvalue weighted by molar-refractivity contribution is 0.0949. The molecule has 0 unspecified atom stereocenters. The lowest BCUT2D eigenvalue weighted by Crippen LogP contribution is -2.23. The van der Waals surface area contributed by atoms with Crippen LogP contribution in [0.15, 0.2) is 82.8 Å². The molecule has 5 rings (SSSR count). The predicted molar refractivity (Wildman–Crippen MR) is 125 cm³/mol. The molecule has 168 valence electrons. The van der Waals surface area contributed by atoms with E-state index in [1.54, 1.807) is 30.6 Å². The number of nitrogens with one attached hydrogen (secondary N) is 2. The topological polar surface area (TPSA) is 104 Å². The van der Waals surface area contributed by atoms with Crippen LogP contribution in [0.3, 0.4) is 0 Å². The number of aromatic hydroxyl groups is 1. The molecule has 1 aromatic heterocycles. The van der Waals surface area contributed by atoms with E-state index in [1.165, 1.54) is 23.9 Å². The molecule has 0 aliphatic carbocycles. The number of carbonyl (C=O) groups is 2. The van der Waals surface area contributed by atoms with Gasteiger partial charge in [-0.2, -0.15) is 0 Å². The van der Waals surface area contributed by atoms with Gasteiger partial charge >= 0.3 is 0 Å². The van der Waals surface area contributed by atoms with Gasteiger partial charge in [-0.1, -0.05) is 23.9 Å². The zero-order valence-corrected chi connectivity index (χ0v) is 18.4. The molecule has 1 aliphatic heterocycles. The van der Waals surface area contributed by atoms with Crippen LogP contribution in [0.5, 0.6) is 5.75 Å². The summed E-state index contributed by atoms with van der Waals surface area (Å²) in [6, 6.07) is 16.4. The molecule has 0 fully saturated rings. The highest BCUT2D eigenvalue weighted by atomic mass is 32.2. The highest BCUT2D eigenvalue weighted by Gasteiger charge is 2.20. The largest absolute Gasteiger partial charge is 0.505 e. The van der Waals surface area contributed by atoms with E-state index in [0.717, 1.165) is 15.9 Å². The smallest absolute Gasteiger partial charge is 0.256 e. The number of phenols is 1. The van der Waals surface area contributed by atoms with E-state index in [-0.39, 0.29) is 18.4 Å². The summed E-state index contributed by atoms with van der Waals surface area (Å²) < 4.78 is 13.6. The monoisotopic (exact) mass is 472 g/mol. The van der Waals surface area contributed by atoms with E-state index in [0.29, 0.717) is 33.8 Å². The standard InChI is InChI=1S/C25H17FN4O3S/c26-18-9-15(5-7-20(18)31)23-27-11-14(12-28-23)13-29-24(32)16-6-8-22-19(10-16)30-25(33)17-3-1-2-4-21(17)34-22/h1-12,31H,13H2,(H,29,32)(H,30,33). The number of phenolic OH excluding ortho intramolecular Hbond substituents is 1. The van der Waals surface area contributed by atoms with Crippen LogP contribution >= 0.6 is 11.8 Å². The second kappa shape index (κ2) is 8.95. The number of halogens is 1. The fraction of sp³-hybridized carbons (Fsp3) is 0.0400. The number of nitrogens with zero attached hydrogens (tertiary/aromatic N) is 2. The lowest BCUT2D eigenvalue weighted by atomic mass is 10.1. The van der Waals surface area contributed by atoms with Gasteiger partial charge in [0.2, 0.25) is 0 Å². The number of fused-ring (bicyclic) bond motifs is 2. The van der Waals surface area contributed by atoms with Gasteiger partial charge in [0.1, 0.15) is 0 Å². The molecule has 7 nitrogen and oxygen atoms in total. The molecule has 3 N–H and O–H groups in total. The van der Waals surface area contributed by atoms with Crippen molar-refractivity contribution in [2.24, 2.45) is 0 Å². The maximum atomic E-state index is 13.6. The molecular formula is C25H17FN4O3S. The van der Waals surface area contributed by atoms with Crippen molar-refractivity contribution in [3.05, 3.63) is 95.6 Å². The van der Waals surface area contributed by atoms with Crippen LogP contribution in [0, 0.1) is 5.82 Å². The first-order valence-corrected chi connectivity index (χ1v) is 11.1. The van der Waals surface area contributed by atoms with Gasteiger partial charge in [0.15, 0.2) is 17.4 Å². The lowest BCUT2D eigenvalue weighted by Gasteiger charge is -2.10. The van der Waals surface area contributed by atoms with Crippen molar-refractivity contribution in [1.29, 1.82) is 0 Å². The summed E-state index contributed by atoms with van der Waals surface area (Å²) in [4.78, 5) is 35.4. The van der Waals surface area contributed by atoms with Gasteiger partial charge in [-0.15, -0.1) is 0 Å². The number of hydrogen-bond acceptors (Lipinski definition) is 6. The van der Waals surface area contributed by atoms with E-state index in [2.05, 4.69) is 20.6 Å². The van der Waals surface area contributed by atoms with Crippen LogP contribution in [0.4, 0.5) is 10.1 Å². The molecule has 0 spiro atoms. The van der Waals surface area contributed by atoms with Gasteiger partial charge in [0, 0.05) is 45.4 Å². The number of aromatic nitrogens is 2. The fourth-order valence-electron chi connectivity index (χ4n) is 3.43. The minimum absolute atomic E-state index is 0.187. The van der Waals surface area contributed by atoms with Crippen molar-refractivity contribution in [3.63, 3.8) is 0 Å². The molecule has 4 aromatic rings. The summed E-state index contributed by atoms with van der Waals surface area (Å²) in [7, 11) is 0. The van der Waals surface area contributed by atoms with Crippen molar-refractivity contribution in [3.8, 4) is 17.1 Å². The highest BCUT2D eigenvalue weighted by Crippen LogP contribution is 2.39. The molecule has 0 atom stereocenters. The van der Waals surface area contributed by atoms with Crippen LogP contribution in [0.25, 0.3) is 11.4 Å². The average Bonchev–Trinajstić information content (AvgIpc) is 2.99. The maximum Gasteiger partial charge on any atom is 0.256 e. The van der Waals surface area contributed by atoms with Crippen LogP contribution in [0.1, 0.15) is 26.3 Å². The Kier molecular flexibility index (Phi) is 5.69. The number of rotatable bonds is 4. The molecule has 3 aromatic carbocycles. The van der Waals surface area contributed by atoms with E-state index >= 15 is 0 Å². The summed E-state index contributed by atoms with van der Waals surface area (Å²) in [6.45, 7) is 0.187. The number of amides is 2. The molecule has 2 amide bonds. The first kappa shape index (κ1) is 21.6. The third-order valence-corrected chi connectivity index (χ3v) is 6.36. The number of hydrogen-bond donors (Lipinski definition) is 3. The van der Waals surface area contributed by atoms with Gasteiger partial charge in [0.05, 0.1) is 11.3 Å². The minimum atomic E-state index is -0.753. The second-order valence-electron chi connectivity index (χ2n) is 7.53. The number of anilines is 1. The molecule has 0 bridgehead atoms. The van der Waals surface area contributed by atoms with Gasteiger partial charge in [0.25, 0.3) is 11.8 Å². The first-order chi connectivity index (χ1) is 16.5. The van der Waals surface area contributed by atoms with Crippen LogP contribution < -0.4 is 10.6 Å². The van der Waals surface area contributed by atoms with Crippen molar-refractivity contribution >= 4 is 29.3 Å². The van der Waals surface area contributed by atoms with Gasteiger partial charge in [-0.05, 0) is 48.5 Å². The Morgan fingerprint density at radius 3 is 2.62 bits per heavy atom. The number of benzene rings is 3. The summed E-state index contributed by atoms with van der Waals surface area (Å²) in [5.41, 5.74) is 2.66. The predicted octanol–water partition coefficient (Wildman–Crippen LogP) is 4.64. The Balaban J connectivity index is 1.27. The molecule has 0 radical (unpaired) electrons. The highest BCUT2D eigenvalue weighted by molar-refractivity contribution is 7.99. The number of carbonyl (C=O) groups excluding carboxylic acids is 2. The van der Waals surface area contributed by atoms with Gasteiger partial charge in [-0.25, -0.2) is 14.4 Å². The molecular weight excluding hydrogens is 455 g/mol. The molecule has 0 saturated heterocycles. The SMILES string of the molecule is O=C(NCc1cnc(-c2ccc(O)c(F)c2)nc1)c1ccc2c(c1)NC(=O)c1ccccc1S2. The fourth-order valence-corrected chi connectivity index (χ4v) is 4.44. The molecule has 34 heavy (non-hydrogen) atoms. The first-order valence-electron chi connectivity index (χ1n) is 10.3. The van der Waals surface area contributed by atoms with E-state index in [1.807, 2.05) is 24.3 Å². The van der Waals surface area contributed by atoms with Crippen molar-refractivity contribution in [2.75, 3.05) is 5.32 Å². The van der Waals surface area contributed by atoms with Crippen LogP contribution in [-0.2, 0) is 6.54 Å². The Morgan fingerprint density at radius 1 is 1.03 bits per heavy atom. The Labute approximate surface area is 198 Å². The molecule has 9 heteroatoms. The Morgan fingerprint density at radius 2 is 1.82 bits per heavy atom. The van der Waals surface area contributed by atoms with Crippen molar-refractivity contribution < 1.29 is 19.1 Å². The molecule has 2 heterocycles. The zero-order valence-electron chi connectivity index (χ0n) is 17.6. The third kappa shape index (κ3) is 4.33. The Bertz CT molecular complexity index is 1430. The van der Waals surface area contributed by atoms with Crippen LogP contribution in [-0.4, -0.2) is 26.9 Å². The Hall–Kier alpha value is -4.24. The summed E-state index contributed by atoms with van der Waals surface area (Å²) >= 11 is 1.47. The summed E-state index contributed by atoms with van der Waals surface area (Å²) in [6.07, 6.45) is 3.08. The summed E-state index contributed by atoms with van der Waals surface area (Å²) in [5, 5.41) is 15.0. The van der Waals surface area contributed by atoms with Crippen LogP contribution in [0.2, 0.25) is 0 Å². The normalized spacial score (nSPS) is 12.2. The quantitative estimate of drug-likeness (QED) is 0.400. The second-order valence-corrected chi connectivity index (χ2v) is 8.61. The average molecular weight is 473 g/mol. The molecule has 0 saturated carbocycles. The maximum absolute atomic E-state index is 13.6. The van der Waals surface area contributed by atoms with Gasteiger partial charge in [-0.3, -0.25) is 9.59 Å². The minimum Gasteiger partial charge on any atom is -0.505 e. The van der Waals surface area contributed by atoms with Crippen molar-refractivity contribution in [1.82, 2.24) is 15.3 Å². The molecule has 1 aliphatic rings. The van der Waals surface area contributed by atoms with E-state index in [4.69, 9.17) is 0 Å². The van der Waals surface area contributed by atoms with Crippen molar-refractivity contribution in [2.45, 2.75) is 16.3 Å². The zero-order chi connectivity index (χ0) is 23.7. The third-order valence-electron chi connectivity index (χ3n) is 5.21.